The van der Waals surface area contributed by atoms with Crippen molar-refractivity contribution in [2.75, 3.05) is 6.61 Å². The number of ether oxygens (including phenoxy) is 1. The predicted octanol–water partition coefficient (Wildman–Crippen LogP) is 1.53. The molecule has 0 aliphatic rings. The number of rotatable bonds is 3. The summed E-state index contributed by atoms with van der Waals surface area (Å²) in [5, 5.41) is 3.72. The van der Waals surface area contributed by atoms with Crippen LogP contribution in [0.2, 0.25) is 0 Å². The number of hydrogen-bond donors (Lipinski definition) is 0. The third-order valence-corrected chi connectivity index (χ3v) is 1.65. The molecule has 2 rings (SSSR count). The molecular weight excluding hydrogens is 182 g/mol. The van der Waals surface area contributed by atoms with E-state index in [1.165, 1.54) is 6.39 Å². The quantitative estimate of drug-likeness (QED) is 0.736. The summed E-state index contributed by atoms with van der Waals surface area (Å²) in [5.74, 6) is 1.01. The second kappa shape index (κ2) is 3.87. The second-order valence-electron chi connectivity index (χ2n) is 2.54. The summed E-state index contributed by atoms with van der Waals surface area (Å²) in [6.07, 6.45) is 2.94. The molecule has 0 amide bonds. The van der Waals surface area contributed by atoms with Crippen LogP contribution in [0.5, 0.6) is 5.88 Å². The molecule has 0 aliphatic heterocycles. The van der Waals surface area contributed by atoms with Crippen molar-refractivity contribution in [3.05, 3.63) is 24.7 Å². The summed E-state index contributed by atoms with van der Waals surface area (Å²) in [7, 11) is 0. The summed E-state index contributed by atoms with van der Waals surface area (Å²) >= 11 is 0. The fraction of sp³-hybridized carbons (Fsp3) is 0.222. The van der Waals surface area contributed by atoms with Crippen LogP contribution in [0, 0.1) is 0 Å². The lowest BCUT2D eigenvalue weighted by Gasteiger charge is -2.04. The topological polar surface area (TPSA) is 61.0 Å². The van der Waals surface area contributed by atoms with Gasteiger partial charge >= 0.3 is 0 Å². The van der Waals surface area contributed by atoms with Gasteiger partial charge in [0.25, 0.3) is 0 Å². The van der Waals surface area contributed by atoms with Crippen LogP contribution >= 0.6 is 0 Å². The number of hydrogen-bond acceptors (Lipinski definition) is 5. The molecule has 0 spiro atoms. The van der Waals surface area contributed by atoms with Crippen LogP contribution in [0.3, 0.4) is 0 Å². The van der Waals surface area contributed by atoms with Gasteiger partial charge in [-0.15, -0.1) is 0 Å². The molecule has 0 N–H and O–H groups in total. The Kier molecular flexibility index (Phi) is 2.40. The van der Waals surface area contributed by atoms with E-state index >= 15 is 0 Å². The van der Waals surface area contributed by atoms with Crippen molar-refractivity contribution in [2.24, 2.45) is 0 Å². The molecule has 5 nitrogen and oxygen atoms in total. The number of pyridine rings is 1. The monoisotopic (exact) mass is 191 g/mol. The zero-order valence-electron chi connectivity index (χ0n) is 7.67. The molecule has 0 fully saturated rings. The van der Waals surface area contributed by atoms with Crippen LogP contribution in [-0.2, 0) is 0 Å². The third-order valence-electron chi connectivity index (χ3n) is 1.65. The van der Waals surface area contributed by atoms with Crippen LogP contribution in [0.25, 0.3) is 11.4 Å². The Bertz CT molecular complexity index is 400. The molecule has 5 heteroatoms. The van der Waals surface area contributed by atoms with Gasteiger partial charge in [-0.3, -0.25) is 0 Å². The van der Waals surface area contributed by atoms with E-state index in [4.69, 9.17) is 4.74 Å². The SMILES string of the molecule is CCOc1ncccc1-c1ncon1. The molecule has 0 aromatic carbocycles. The Labute approximate surface area is 80.7 Å². The number of nitrogens with zero attached hydrogens (tertiary/aromatic N) is 3. The molecule has 2 aromatic rings. The first-order chi connectivity index (χ1) is 6.92. The van der Waals surface area contributed by atoms with E-state index in [0.717, 1.165) is 5.56 Å². The van der Waals surface area contributed by atoms with Crippen molar-refractivity contribution in [2.45, 2.75) is 6.92 Å². The smallest absolute Gasteiger partial charge is 0.224 e. The van der Waals surface area contributed by atoms with E-state index in [1.807, 2.05) is 13.0 Å². The van der Waals surface area contributed by atoms with Crippen LogP contribution in [0.15, 0.2) is 29.2 Å². The van der Waals surface area contributed by atoms with E-state index in [0.29, 0.717) is 18.3 Å². The maximum atomic E-state index is 5.33. The highest BCUT2D eigenvalue weighted by atomic mass is 16.5. The van der Waals surface area contributed by atoms with Gasteiger partial charge in [0, 0.05) is 6.20 Å². The summed E-state index contributed by atoms with van der Waals surface area (Å²) in [6.45, 7) is 2.45. The third kappa shape index (κ3) is 1.56. The van der Waals surface area contributed by atoms with E-state index in [9.17, 15) is 0 Å². The van der Waals surface area contributed by atoms with Crippen molar-refractivity contribution >= 4 is 0 Å². The first kappa shape index (κ1) is 8.68. The van der Waals surface area contributed by atoms with Gasteiger partial charge in [0.2, 0.25) is 18.1 Å². The second-order valence-corrected chi connectivity index (χ2v) is 2.54. The summed E-state index contributed by atoms with van der Waals surface area (Å²) in [6, 6.07) is 3.64. The molecule has 0 radical (unpaired) electrons. The van der Waals surface area contributed by atoms with E-state index in [-0.39, 0.29) is 0 Å². The molecule has 0 atom stereocenters. The highest BCUT2D eigenvalue weighted by Crippen LogP contribution is 2.23. The number of aromatic nitrogens is 3. The molecule has 0 aliphatic carbocycles. The zero-order valence-corrected chi connectivity index (χ0v) is 7.67. The molecule has 14 heavy (non-hydrogen) atoms. The van der Waals surface area contributed by atoms with Gasteiger partial charge in [-0.2, -0.15) is 4.98 Å². The fourth-order valence-corrected chi connectivity index (χ4v) is 1.10. The van der Waals surface area contributed by atoms with Gasteiger partial charge in [0.1, 0.15) is 0 Å². The maximum Gasteiger partial charge on any atom is 0.224 e. The molecule has 2 heterocycles. The van der Waals surface area contributed by atoms with Crippen molar-refractivity contribution in [3.63, 3.8) is 0 Å². The molecule has 0 unspecified atom stereocenters. The van der Waals surface area contributed by atoms with Gasteiger partial charge in [-0.25, -0.2) is 4.98 Å². The molecule has 0 saturated carbocycles. The van der Waals surface area contributed by atoms with Gasteiger partial charge < -0.3 is 9.26 Å². The Morgan fingerprint density at radius 2 is 2.36 bits per heavy atom. The molecule has 0 bridgehead atoms. The largest absolute Gasteiger partial charge is 0.477 e. The van der Waals surface area contributed by atoms with Crippen molar-refractivity contribution in [1.29, 1.82) is 0 Å². The van der Waals surface area contributed by atoms with E-state index < -0.39 is 0 Å². The van der Waals surface area contributed by atoms with Gasteiger partial charge in [0.15, 0.2) is 0 Å². The highest BCUT2D eigenvalue weighted by Gasteiger charge is 2.10. The lowest BCUT2D eigenvalue weighted by molar-refractivity contribution is 0.328. The van der Waals surface area contributed by atoms with Crippen LogP contribution in [0.1, 0.15) is 6.92 Å². The molecule has 0 saturated heterocycles. The molecular formula is C9H9N3O2. The molecule has 2 aromatic heterocycles. The van der Waals surface area contributed by atoms with Crippen molar-refractivity contribution in [1.82, 2.24) is 15.1 Å². The summed E-state index contributed by atoms with van der Waals surface area (Å²) in [5.41, 5.74) is 0.739. The fourth-order valence-electron chi connectivity index (χ4n) is 1.10. The first-order valence-electron chi connectivity index (χ1n) is 4.26. The lowest BCUT2D eigenvalue weighted by Crippen LogP contribution is -1.96. The van der Waals surface area contributed by atoms with Crippen LogP contribution in [0.4, 0.5) is 0 Å². The summed E-state index contributed by atoms with van der Waals surface area (Å²) in [4.78, 5) is 8.01. The van der Waals surface area contributed by atoms with E-state index in [1.54, 1.807) is 12.3 Å². The van der Waals surface area contributed by atoms with Crippen LogP contribution in [-0.4, -0.2) is 21.7 Å². The Morgan fingerprint density at radius 3 is 3.07 bits per heavy atom. The summed E-state index contributed by atoms with van der Waals surface area (Å²) < 4.78 is 9.99. The lowest BCUT2D eigenvalue weighted by atomic mass is 10.2. The van der Waals surface area contributed by atoms with Crippen molar-refractivity contribution in [3.8, 4) is 17.3 Å². The van der Waals surface area contributed by atoms with E-state index in [2.05, 4.69) is 19.6 Å². The minimum Gasteiger partial charge on any atom is -0.477 e. The Balaban J connectivity index is 2.42. The normalized spacial score (nSPS) is 10.1. The molecule has 72 valence electrons. The zero-order chi connectivity index (χ0) is 9.80. The van der Waals surface area contributed by atoms with Gasteiger partial charge in [0.05, 0.1) is 12.2 Å². The Morgan fingerprint density at radius 1 is 1.43 bits per heavy atom. The Hall–Kier alpha value is -1.91. The average Bonchev–Trinajstić information content (AvgIpc) is 2.72. The van der Waals surface area contributed by atoms with Crippen LogP contribution < -0.4 is 4.74 Å². The minimum atomic E-state index is 0.488. The highest BCUT2D eigenvalue weighted by molar-refractivity contribution is 5.60. The average molecular weight is 191 g/mol. The predicted molar refractivity (Wildman–Crippen MR) is 48.7 cm³/mol. The van der Waals surface area contributed by atoms with Crippen molar-refractivity contribution < 1.29 is 9.26 Å². The van der Waals surface area contributed by atoms with Gasteiger partial charge in [-0.05, 0) is 19.1 Å². The van der Waals surface area contributed by atoms with Gasteiger partial charge in [-0.1, -0.05) is 5.16 Å². The maximum absolute atomic E-state index is 5.33. The first-order valence-corrected chi connectivity index (χ1v) is 4.26. The standard InChI is InChI=1S/C9H9N3O2/c1-2-13-9-7(4-3-5-10-9)8-11-6-14-12-8/h3-6H,2H2,1H3. The minimum absolute atomic E-state index is 0.488.